The predicted octanol–water partition coefficient (Wildman–Crippen LogP) is 3.07. The van der Waals surface area contributed by atoms with Crippen molar-refractivity contribution in [2.45, 2.75) is 23.5 Å². The van der Waals surface area contributed by atoms with Crippen molar-refractivity contribution in [2.24, 2.45) is 0 Å². The van der Waals surface area contributed by atoms with Gasteiger partial charge in [0.05, 0.1) is 10.6 Å². The topological polar surface area (TPSA) is 93.2 Å². The van der Waals surface area contributed by atoms with E-state index in [0.29, 0.717) is 12.0 Å². The second kappa shape index (κ2) is 9.51. The maximum Gasteiger partial charge on any atom is 0.211 e. The van der Waals surface area contributed by atoms with Gasteiger partial charge in [0.2, 0.25) is 10.0 Å². The van der Waals surface area contributed by atoms with E-state index in [1.54, 1.807) is 30.5 Å². The molecule has 3 aromatic rings. The second-order valence-electron chi connectivity index (χ2n) is 7.04. The second-order valence-corrected chi connectivity index (χ2v) is 11.1. The van der Waals surface area contributed by atoms with E-state index in [1.807, 2.05) is 37.3 Å². The maximum absolute atomic E-state index is 13.3. The van der Waals surface area contributed by atoms with Crippen molar-refractivity contribution >= 4 is 19.9 Å². The van der Waals surface area contributed by atoms with Crippen LogP contribution in [0, 0.1) is 6.92 Å². The van der Waals surface area contributed by atoms with Gasteiger partial charge in [0, 0.05) is 18.9 Å². The lowest BCUT2D eigenvalue weighted by Crippen LogP contribution is -2.34. The van der Waals surface area contributed by atoms with Crippen molar-refractivity contribution in [3.63, 3.8) is 0 Å². The molecule has 1 N–H and O–H groups in total. The van der Waals surface area contributed by atoms with Crippen LogP contribution in [0.4, 0.5) is 0 Å². The lowest BCUT2D eigenvalue weighted by molar-refractivity contribution is 0.568. The molecule has 1 heterocycles. The van der Waals surface area contributed by atoms with Gasteiger partial charge in [-0.2, -0.15) is 0 Å². The summed E-state index contributed by atoms with van der Waals surface area (Å²) in [6.45, 7) is 1.61. The van der Waals surface area contributed by atoms with Crippen LogP contribution in [-0.2, 0) is 26.3 Å². The normalized spacial score (nSPS) is 13.1. The van der Waals surface area contributed by atoms with Gasteiger partial charge in [-0.05, 0) is 42.7 Å². The van der Waals surface area contributed by atoms with Crippen molar-refractivity contribution in [3.8, 4) is 0 Å². The molecule has 0 aliphatic carbocycles. The zero-order valence-corrected chi connectivity index (χ0v) is 18.2. The highest BCUT2D eigenvalue weighted by Gasteiger charge is 2.30. The summed E-state index contributed by atoms with van der Waals surface area (Å²) in [4.78, 5) is 4.15. The van der Waals surface area contributed by atoms with Crippen LogP contribution in [0.3, 0.4) is 0 Å². The zero-order chi connectivity index (χ0) is 21.6. The Morgan fingerprint density at radius 2 is 1.60 bits per heavy atom. The van der Waals surface area contributed by atoms with Crippen molar-refractivity contribution in [3.05, 3.63) is 95.8 Å². The molecular formula is C22H24N2O4S2. The van der Waals surface area contributed by atoms with Crippen molar-refractivity contribution in [1.29, 1.82) is 0 Å². The van der Waals surface area contributed by atoms with E-state index >= 15 is 0 Å². The molecule has 0 amide bonds. The summed E-state index contributed by atoms with van der Waals surface area (Å²) in [7, 11) is -7.49. The fourth-order valence-corrected chi connectivity index (χ4v) is 5.86. The third-order valence-corrected chi connectivity index (χ3v) is 8.24. The van der Waals surface area contributed by atoms with E-state index in [9.17, 15) is 16.8 Å². The molecule has 1 aromatic heterocycles. The van der Waals surface area contributed by atoms with Gasteiger partial charge in [-0.1, -0.05) is 54.1 Å². The molecule has 158 valence electrons. The van der Waals surface area contributed by atoms with Gasteiger partial charge in [-0.3, -0.25) is 4.98 Å². The minimum atomic E-state index is -3.83. The maximum atomic E-state index is 13.3. The van der Waals surface area contributed by atoms with Gasteiger partial charge in [0.25, 0.3) is 0 Å². The summed E-state index contributed by atoms with van der Waals surface area (Å²) in [5, 5.41) is -1.08. The molecule has 8 heteroatoms. The number of aryl methyl sites for hydroxylation is 2. The van der Waals surface area contributed by atoms with Crippen LogP contribution in [-0.4, -0.2) is 34.1 Å². The predicted molar refractivity (Wildman–Crippen MR) is 117 cm³/mol. The monoisotopic (exact) mass is 444 g/mol. The number of nitrogens with zero attached hydrogens (tertiary/aromatic N) is 1. The highest BCUT2D eigenvalue weighted by atomic mass is 32.2. The average molecular weight is 445 g/mol. The van der Waals surface area contributed by atoms with E-state index in [4.69, 9.17) is 0 Å². The Hall–Kier alpha value is -2.55. The van der Waals surface area contributed by atoms with Gasteiger partial charge >= 0.3 is 0 Å². The molecule has 0 fully saturated rings. The molecular weight excluding hydrogens is 420 g/mol. The third kappa shape index (κ3) is 5.75. The number of hydrogen-bond acceptors (Lipinski definition) is 5. The van der Waals surface area contributed by atoms with Crippen molar-refractivity contribution in [2.75, 3.05) is 12.3 Å². The summed E-state index contributed by atoms with van der Waals surface area (Å²) in [5.41, 5.74) is 2.27. The van der Waals surface area contributed by atoms with E-state index in [-0.39, 0.29) is 17.2 Å². The van der Waals surface area contributed by atoms with Crippen molar-refractivity contribution in [1.82, 2.24) is 9.71 Å². The molecule has 2 aromatic carbocycles. The number of sulfone groups is 1. The van der Waals surface area contributed by atoms with Crippen molar-refractivity contribution < 1.29 is 16.8 Å². The largest absolute Gasteiger partial charge is 0.264 e. The Labute approximate surface area is 178 Å². The molecule has 30 heavy (non-hydrogen) atoms. The Kier molecular flexibility index (Phi) is 7.02. The molecule has 0 aliphatic heterocycles. The van der Waals surface area contributed by atoms with Gasteiger partial charge in [0.1, 0.15) is 5.25 Å². The molecule has 6 nitrogen and oxygen atoms in total. The van der Waals surface area contributed by atoms with Crippen LogP contribution in [0.25, 0.3) is 0 Å². The minimum Gasteiger partial charge on any atom is -0.264 e. The quantitative estimate of drug-likeness (QED) is 0.547. The highest BCUT2D eigenvalue weighted by molar-refractivity contribution is 7.92. The fraction of sp³-hybridized carbons (Fsp3) is 0.227. The van der Waals surface area contributed by atoms with E-state index in [2.05, 4.69) is 9.71 Å². The summed E-state index contributed by atoms with van der Waals surface area (Å²) in [5.74, 6) is -0.124. The molecule has 0 saturated carbocycles. The van der Waals surface area contributed by atoms with E-state index < -0.39 is 25.1 Å². The number of nitrogens with one attached hydrogen (secondary N) is 1. The molecule has 0 radical (unpaired) electrons. The van der Waals surface area contributed by atoms with Gasteiger partial charge < -0.3 is 0 Å². The molecule has 0 saturated heterocycles. The number of rotatable bonds is 9. The summed E-state index contributed by atoms with van der Waals surface area (Å²) >= 11 is 0. The molecule has 1 atom stereocenters. The smallest absolute Gasteiger partial charge is 0.211 e. The van der Waals surface area contributed by atoms with Crippen LogP contribution in [0.15, 0.2) is 84.0 Å². The zero-order valence-electron chi connectivity index (χ0n) is 16.6. The van der Waals surface area contributed by atoms with Crippen LogP contribution in [0.2, 0.25) is 0 Å². The van der Waals surface area contributed by atoms with Gasteiger partial charge in [-0.25, -0.2) is 21.6 Å². The van der Waals surface area contributed by atoms with Crippen LogP contribution in [0.5, 0.6) is 0 Å². The minimum absolute atomic E-state index is 0.124. The number of benzene rings is 2. The standard InChI is InChI=1S/C22H24N2O4S2/c1-18-9-11-21(12-10-18)30(27,28)22(20-8-5-14-23-16-20)17-24-29(25,26)15-13-19-6-3-2-4-7-19/h2-12,14,16,22,24H,13,15,17H2,1H3. The van der Waals surface area contributed by atoms with Crippen LogP contribution < -0.4 is 4.72 Å². The average Bonchev–Trinajstić information content (AvgIpc) is 2.74. The third-order valence-electron chi connectivity index (χ3n) is 4.77. The molecule has 3 rings (SSSR count). The Morgan fingerprint density at radius 1 is 0.900 bits per heavy atom. The summed E-state index contributed by atoms with van der Waals surface area (Å²) in [6, 6.07) is 19.1. The lowest BCUT2D eigenvalue weighted by Gasteiger charge is -2.19. The number of hydrogen-bond donors (Lipinski definition) is 1. The number of sulfonamides is 1. The lowest BCUT2D eigenvalue weighted by atomic mass is 10.2. The fourth-order valence-electron chi connectivity index (χ4n) is 3.04. The molecule has 0 spiro atoms. The van der Waals surface area contributed by atoms with E-state index in [1.165, 1.54) is 18.3 Å². The first-order valence-electron chi connectivity index (χ1n) is 9.50. The molecule has 1 unspecified atom stereocenters. The van der Waals surface area contributed by atoms with Gasteiger partial charge in [0.15, 0.2) is 9.84 Å². The van der Waals surface area contributed by atoms with E-state index in [0.717, 1.165) is 11.1 Å². The molecule has 0 bridgehead atoms. The van der Waals surface area contributed by atoms with Crippen LogP contribution in [0.1, 0.15) is 21.9 Å². The number of pyridine rings is 1. The molecule has 0 aliphatic rings. The summed E-state index contributed by atoms with van der Waals surface area (Å²) in [6.07, 6.45) is 3.34. The summed E-state index contributed by atoms with van der Waals surface area (Å²) < 4.78 is 54.1. The Bertz CT molecular complexity index is 1160. The first-order valence-corrected chi connectivity index (χ1v) is 12.7. The number of aromatic nitrogens is 1. The van der Waals surface area contributed by atoms with Crippen LogP contribution >= 0.6 is 0 Å². The first kappa shape index (κ1) is 22.1. The Balaban J connectivity index is 1.80. The Morgan fingerprint density at radius 3 is 2.23 bits per heavy atom. The SMILES string of the molecule is Cc1ccc(S(=O)(=O)C(CNS(=O)(=O)CCc2ccccc2)c2cccnc2)cc1. The van der Waals surface area contributed by atoms with Gasteiger partial charge in [-0.15, -0.1) is 0 Å². The highest BCUT2D eigenvalue weighted by Crippen LogP contribution is 2.28. The first-order chi connectivity index (χ1) is 14.3.